The summed E-state index contributed by atoms with van der Waals surface area (Å²) in [5, 5.41) is 40.1. The van der Waals surface area contributed by atoms with Crippen LogP contribution < -0.4 is 5.32 Å². The molecule has 1 aromatic heterocycles. The van der Waals surface area contributed by atoms with E-state index >= 15 is 0 Å². The van der Waals surface area contributed by atoms with Crippen molar-refractivity contribution in [2.24, 2.45) is 0 Å². The first-order chi connectivity index (χ1) is 12.3. The number of carbonyl (C=O) groups is 2. The Morgan fingerprint density at radius 3 is 2.77 bits per heavy atom. The maximum atomic E-state index is 11.8. The fourth-order valence-corrected chi connectivity index (χ4v) is 2.91. The predicted octanol–water partition coefficient (Wildman–Crippen LogP) is -2.31. The summed E-state index contributed by atoms with van der Waals surface area (Å²) in [5.74, 6) is -0.304. The van der Waals surface area contributed by atoms with Gasteiger partial charge >= 0.3 is 6.09 Å². The van der Waals surface area contributed by atoms with Crippen molar-refractivity contribution in [2.45, 2.75) is 57.2 Å². The van der Waals surface area contributed by atoms with Gasteiger partial charge in [-0.15, -0.1) is 5.10 Å². The van der Waals surface area contributed by atoms with E-state index in [9.17, 15) is 24.9 Å². The van der Waals surface area contributed by atoms with Gasteiger partial charge in [-0.2, -0.15) is 0 Å². The number of carbonyl (C=O) groups excluding carboxylic acids is 2. The zero-order valence-electron chi connectivity index (χ0n) is 14.2. The van der Waals surface area contributed by atoms with Crippen molar-refractivity contribution in [2.75, 3.05) is 6.61 Å². The molecule has 3 heterocycles. The first-order valence-electron chi connectivity index (χ1n) is 8.08. The number of hydrogen-bond acceptors (Lipinski definition) is 9. The van der Waals surface area contributed by atoms with Crippen molar-refractivity contribution in [3.05, 3.63) is 11.9 Å². The topological polar surface area (TPSA) is 159 Å². The maximum Gasteiger partial charge on any atom is 0.412 e. The number of rotatable bonds is 4. The predicted molar refractivity (Wildman–Crippen MR) is 82.1 cm³/mol. The first kappa shape index (κ1) is 18.5. The minimum atomic E-state index is -1.40. The molecule has 144 valence electrons. The lowest BCUT2D eigenvalue weighted by atomic mass is 9.99. The van der Waals surface area contributed by atoms with Gasteiger partial charge in [0.05, 0.1) is 18.8 Å². The number of ether oxygens (including phenoxy) is 2. The molecular formula is C14H21N5O7. The van der Waals surface area contributed by atoms with Gasteiger partial charge < -0.3 is 30.1 Å². The second kappa shape index (κ2) is 7.15. The number of hydrogen-bond donors (Lipinski definition) is 4. The summed E-state index contributed by atoms with van der Waals surface area (Å²) in [4.78, 5) is 24.3. The molecule has 0 saturated carbocycles. The molecule has 0 aliphatic carbocycles. The van der Waals surface area contributed by atoms with Crippen molar-refractivity contribution in [3.8, 4) is 0 Å². The van der Waals surface area contributed by atoms with Crippen molar-refractivity contribution < 1.29 is 34.4 Å². The van der Waals surface area contributed by atoms with Gasteiger partial charge in [0.25, 0.3) is 0 Å². The Labute approximate surface area is 148 Å². The number of aliphatic hydroxyl groups excluding tert-OH is 3. The molecule has 0 spiro atoms. The lowest BCUT2D eigenvalue weighted by molar-refractivity contribution is -0.243. The maximum absolute atomic E-state index is 11.8. The lowest BCUT2D eigenvalue weighted by Gasteiger charge is -2.38. The molecule has 3 rings (SSSR count). The van der Waals surface area contributed by atoms with Crippen LogP contribution in [0.1, 0.15) is 25.8 Å². The molecule has 2 aliphatic heterocycles. The highest BCUT2D eigenvalue weighted by atomic mass is 16.6. The summed E-state index contributed by atoms with van der Waals surface area (Å²) in [6, 6.07) is 0. The van der Waals surface area contributed by atoms with E-state index in [2.05, 4.69) is 15.6 Å². The van der Waals surface area contributed by atoms with Crippen LogP contribution in [-0.2, 0) is 20.8 Å². The average molecular weight is 371 g/mol. The normalized spacial score (nSPS) is 34.7. The Kier molecular flexibility index (Phi) is 5.09. The molecule has 0 aromatic carbocycles. The fourth-order valence-electron chi connectivity index (χ4n) is 2.91. The molecule has 26 heavy (non-hydrogen) atoms. The van der Waals surface area contributed by atoms with Crippen molar-refractivity contribution in [3.63, 3.8) is 0 Å². The highest BCUT2D eigenvalue weighted by molar-refractivity contribution is 5.75. The Morgan fingerprint density at radius 2 is 2.08 bits per heavy atom. The molecular weight excluding hydrogens is 350 g/mol. The highest BCUT2D eigenvalue weighted by Gasteiger charge is 2.43. The Hall–Kier alpha value is -2.28. The summed E-state index contributed by atoms with van der Waals surface area (Å²) in [6.45, 7) is 2.94. The van der Waals surface area contributed by atoms with Crippen LogP contribution in [0.5, 0.6) is 0 Å². The van der Waals surface area contributed by atoms with Crippen molar-refractivity contribution in [1.29, 1.82) is 0 Å². The van der Waals surface area contributed by atoms with Crippen LogP contribution in [0.4, 0.5) is 4.79 Å². The zero-order valence-corrected chi connectivity index (χ0v) is 14.2. The minimum Gasteiger partial charge on any atom is -0.445 e. The summed E-state index contributed by atoms with van der Waals surface area (Å²) in [5.41, 5.74) is 0.364. The third kappa shape index (κ3) is 3.49. The quantitative estimate of drug-likeness (QED) is 0.456. The molecule has 0 bridgehead atoms. The Bertz CT molecular complexity index is 682. The summed E-state index contributed by atoms with van der Waals surface area (Å²) in [7, 11) is 0. The van der Waals surface area contributed by atoms with E-state index < -0.39 is 42.9 Å². The number of nitrogens with zero attached hydrogens (tertiary/aromatic N) is 4. The SMILES string of the molecule is CC(=O)NC1COC(=O)N1Cc1cn([C@H]2O[C@@H](C)[C@@H](O)[C@@H](O)[C@@H]2O)nn1. The van der Waals surface area contributed by atoms with Gasteiger partial charge in [0, 0.05) is 6.92 Å². The minimum absolute atomic E-state index is 0.0212. The zero-order chi connectivity index (χ0) is 19.0. The van der Waals surface area contributed by atoms with Gasteiger partial charge in [0.2, 0.25) is 5.91 Å². The highest BCUT2D eigenvalue weighted by Crippen LogP contribution is 2.27. The van der Waals surface area contributed by atoms with E-state index in [1.807, 2.05) is 0 Å². The van der Waals surface area contributed by atoms with Crippen LogP contribution in [0.2, 0.25) is 0 Å². The molecule has 0 radical (unpaired) electrons. The number of aromatic nitrogens is 3. The molecule has 4 N–H and O–H groups in total. The molecule has 2 amide bonds. The standard InChI is InChI=1S/C14H21N5O7/c1-6-10(21)11(22)12(23)13(26-6)19-4-8(16-17-19)3-18-9(15-7(2)20)5-25-14(18)24/h4,6,9-13,21-23H,3,5H2,1-2H3,(H,15,20)/t6-,9?,10+,11+,12-,13-/m0/s1. The van der Waals surface area contributed by atoms with Gasteiger partial charge in [-0.3, -0.25) is 9.69 Å². The van der Waals surface area contributed by atoms with Gasteiger partial charge in [-0.25, -0.2) is 9.48 Å². The van der Waals surface area contributed by atoms with E-state index in [-0.39, 0.29) is 19.1 Å². The van der Waals surface area contributed by atoms with Crippen molar-refractivity contribution in [1.82, 2.24) is 25.2 Å². The molecule has 2 aliphatic rings. The van der Waals surface area contributed by atoms with Crippen LogP contribution in [0.15, 0.2) is 6.20 Å². The molecule has 1 aromatic rings. The van der Waals surface area contributed by atoms with Crippen LogP contribution in [0, 0.1) is 0 Å². The van der Waals surface area contributed by atoms with Gasteiger partial charge in [-0.1, -0.05) is 5.21 Å². The number of aliphatic hydroxyl groups is 3. The molecule has 1 unspecified atom stereocenters. The Morgan fingerprint density at radius 1 is 1.35 bits per heavy atom. The number of amides is 2. The second-order valence-electron chi connectivity index (χ2n) is 6.31. The molecule has 12 nitrogen and oxygen atoms in total. The van der Waals surface area contributed by atoms with Crippen LogP contribution >= 0.6 is 0 Å². The van der Waals surface area contributed by atoms with E-state index in [0.717, 1.165) is 0 Å². The van der Waals surface area contributed by atoms with Crippen LogP contribution in [0.3, 0.4) is 0 Å². The second-order valence-corrected chi connectivity index (χ2v) is 6.31. The Balaban J connectivity index is 1.71. The molecule has 6 atom stereocenters. The average Bonchev–Trinajstić information content (AvgIpc) is 3.18. The monoisotopic (exact) mass is 371 g/mol. The summed E-state index contributed by atoms with van der Waals surface area (Å²) in [6.07, 6.45) is -5.54. The van der Waals surface area contributed by atoms with Gasteiger partial charge in [0.15, 0.2) is 6.23 Å². The smallest absolute Gasteiger partial charge is 0.412 e. The summed E-state index contributed by atoms with van der Waals surface area (Å²) < 4.78 is 11.6. The molecule has 2 saturated heterocycles. The van der Waals surface area contributed by atoms with Gasteiger partial charge in [0.1, 0.15) is 36.8 Å². The van der Waals surface area contributed by atoms with E-state index in [1.165, 1.54) is 22.7 Å². The van der Waals surface area contributed by atoms with Crippen molar-refractivity contribution >= 4 is 12.0 Å². The van der Waals surface area contributed by atoms with E-state index in [1.54, 1.807) is 6.92 Å². The first-order valence-corrected chi connectivity index (χ1v) is 8.08. The third-order valence-corrected chi connectivity index (χ3v) is 4.32. The van der Waals surface area contributed by atoms with Crippen LogP contribution in [0.25, 0.3) is 0 Å². The van der Waals surface area contributed by atoms with E-state index in [0.29, 0.717) is 5.69 Å². The van der Waals surface area contributed by atoms with Gasteiger partial charge in [-0.05, 0) is 6.92 Å². The molecule has 2 fully saturated rings. The fraction of sp³-hybridized carbons (Fsp3) is 0.714. The van der Waals surface area contributed by atoms with Crippen LogP contribution in [-0.4, -0.2) is 84.4 Å². The lowest BCUT2D eigenvalue weighted by Crippen LogP contribution is -2.54. The molecule has 12 heteroatoms. The third-order valence-electron chi connectivity index (χ3n) is 4.32. The number of cyclic esters (lactones) is 1. The number of nitrogens with one attached hydrogen (secondary N) is 1. The van der Waals surface area contributed by atoms with E-state index in [4.69, 9.17) is 9.47 Å². The largest absolute Gasteiger partial charge is 0.445 e. The summed E-state index contributed by atoms with van der Waals surface area (Å²) >= 11 is 0.